The Balaban J connectivity index is 2.15. The minimum absolute atomic E-state index is 0.117. The molecule has 0 N–H and O–H groups in total. The average molecular weight is 326 g/mol. The summed E-state index contributed by atoms with van der Waals surface area (Å²) >= 11 is 0. The zero-order chi connectivity index (χ0) is 17.7. The third-order valence-corrected chi connectivity index (χ3v) is 3.16. The minimum Gasteiger partial charge on any atom is -0.489 e. The van der Waals surface area contributed by atoms with Gasteiger partial charge in [-0.2, -0.15) is 0 Å². The lowest BCUT2D eigenvalue weighted by atomic mass is 10.1. The molecule has 0 aromatic heterocycles. The molecule has 2 aromatic rings. The first-order chi connectivity index (χ1) is 11.4. The smallest absolute Gasteiger partial charge is 0.338 e. The van der Waals surface area contributed by atoms with E-state index in [0.29, 0.717) is 17.9 Å². The van der Waals surface area contributed by atoms with E-state index in [-0.39, 0.29) is 11.3 Å². The van der Waals surface area contributed by atoms with Gasteiger partial charge in [0.25, 0.3) is 0 Å². The predicted octanol–water partition coefficient (Wildman–Crippen LogP) is 4.93. The largest absolute Gasteiger partial charge is 0.489 e. The monoisotopic (exact) mass is 326 g/mol. The van der Waals surface area contributed by atoms with Crippen LogP contribution >= 0.6 is 0 Å². The fraction of sp³-hybridized carbons (Fsp3) is 0.150. The van der Waals surface area contributed by atoms with E-state index < -0.39 is 11.8 Å². The highest BCUT2D eigenvalue weighted by Crippen LogP contribution is 2.27. The average Bonchev–Trinajstić information content (AvgIpc) is 2.55. The van der Waals surface area contributed by atoms with Crippen molar-refractivity contribution in [2.45, 2.75) is 13.8 Å². The van der Waals surface area contributed by atoms with Crippen LogP contribution in [-0.2, 0) is 4.79 Å². The van der Waals surface area contributed by atoms with Crippen LogP contribution in [0.1, 0.15) is 13.8 Å². The second kappa shape index (κ2) is 7.59. The Morgan fingerprint density at radius 1 is 1.04 bits per heavy atom. The second-order valence-corrected chi connectivity index (χ2v) is 5.59. The SMILES string of the molecule is C=C(C)COc1ccc(-c2ccc(OC(=O)C(=C)C)c(F)c2)cc1. The van der Waals surface area contributed by atoms with Crippen LogP contribution in [-0.4, -0.2) is 12.6 Å². The predicted molar refractivity (Wildman–Crippen MR) is 92.6 cm³/mol. The number of rotatable bonds is 6. The van der Waals surface area contributed by atoms with Gasteiger partial charge in [0.1, 0.15) is 12.4 Å². The number of ether oxygens (including phenoxy) is 2. The summed E-state index contributed by atoms with van der Waals surface area (Å²) < 4.78 is 24.6. The molecular formula is C20H19FO3. The van der Waals surface area contributed by atoms with E-state index in [0.717, 1.165) is 11.1 Å². The molecule has 0 saturated carbocycles. The summed E-state index contributed by atoms with van der Waals surface area (Å²) in [6.07, 6.45) is 0. The Bertz CT molecular complexity index is 776. The molecule has 24 heavy (non-hydrogen) atoms. The van der Waals surface area contributed by atoms with E-state index in [9.17, 15) is 9.18 Å². The molecule has 0 saturated heterocycles. The van der Waals surface area contributed by atoms with Crippen LogP contribution in [0.15, 0.2) is 66.8 Å². The lowest BCUT2D eigenvalue weighted by molar-refractivity contribution is -0.130. The van der Waals surface area contributed by atoms with Crippen molar-refractivity contribution >= 4 is 5.97 Å². The van der Waals surface area contributed by atoms with Crippen molar-refractivity contribution in [2.24, 2.45) is 0 Å². The van der Waals surface area contributed by atoms with Gasteiger partial charge in [-0.1, -0.05) is 31.4 Å². The van der Waals surface area contributed by atoms with Gasteiger partial charge in [0.05, 0.1) is 0 Å². The molecule has 0 aliphatic rings. The fourth-order valence-electron chi connectivity index (χ4n) is 1.90. The highest BCUT2D eigenvalue weighted by atomic mass is 19.1. The van der Waals surface area contributed by atoms with Crippen LogP contribution in [0, 0.1) is 5.82 Å². The number of esters is 1. The molecule has 0 aliphatic heterocycles. The number of halogens is 1. The van der Waals surface area contributed by atoms with Crippen LogP contribution in [0.25, 0.3) is 11.1 Å². The lowest BCUT2D eigenvalue weighted by Crippen LogP contribution is -2.09. The number of carbonyl (C=O) groups excluding carboxylic acids is 1. The normalized spacial score (nSPS) is 10.1. The summed E-state index contributed by atoms with van der Waals surface area (Å²) in [5.41, 5.74) is 2.65. The van der Waals surface area contributed by atoms with Gasteiger partial charge in [-0.15, -0.1) is 0 Å². The van der Waals surface area contributed by atoms with Crippen LogP contribution < -0.4 is 9.47 Å². The van der Waals surface area contributed by atoms with Crippen molar-refractivity contribution in [3.8, 4) is 22.6 Å². The fourth-order valence-corrected chi connectivity index (χ4v) is 1.90. The van der Waals surface area contributed by atoms with Crippen molar-refractivity contribution in [2.75, 3.05) is 6.61 Å². The molecule has 0 atom stereocenters. The minimum atomic E-state index is -0.652. The molecular weight excluding hydrogens is 307 g/mol. The molecule has 0 heterocycles. The first kappa shape index (κ1) is 17.5. The Morgan fingerprint density at radius 2 is 1.67 bits per heavy atom. The molecule has 0 fully saturated rings. The summed E-state index contributed by atoms with van der Waals surface area (Å²) in [5.74, 6) is -0.659. The van der Waals surface area contributed by atoms with Crippen LogP contribution in [0.5, 0.6) is 11.5 Å². The van der Waals surface area contributed by atoms with Crippen LogP contribution in [0.2, 0.25) is 0 Å². The first-order valence-corrected chi connectivity index (χ1v) is 7.41. The molecule has 0 bridgehead atoms. The van der Waals surface area contributed by atoms with E-state index in [1.807, 2.05) is 31.2 Å². The van der Waals surface area contributed by atoms with E-state index >= 15 is 0 Å². The number of carbonyl (C=O) groups is 1. The Kier molecular flexibility index (Phi) is 5.53. The molecule has 124 valence electrons. The number of hydrogen-bond donors (Lipinski definition) is 0. The van der Waals surface area contributed by atoms with Crippen molar-refractivity contribution in [1.82, 2.24) is 0 Å². The molecule has 3 nitrogen and oxygen atoms in total. The summed E-state index contributed by atoms with van der Waals surface area (Å²) in [6, 6.07) is 11.7. The maximum Gasteiger partial charge on any atom is 0.338 e. The Morgan fingerprint density at radius 3 is 2.21 bits per heavy atom. The van der Waals surface area contributed by atoms with E-state index in [1.54, 1.807) is 6.07 Å². The molecule has 0 amide bonds. The quantitative estimate of drug-likeness (QED) is 0.327. The lowest BCUT2D eigenvalue weighted by Gasteiger charge is -2.09. The highest BCUT2D eigenvalue weighted by molar-refractivity contribution is 5.88. The van der Waals surface area contributed by atoms with Crippen molar-refractivity contribution < 1.29 is 18.7 Å². The topological polar surface area (TPSA) is 35.5 Å². The maximum absolute atomic E-state index is 14.1. The maximum atomic E-state index is 14.1. The zero-order valence-electron chi connectivity index (χ0n) is 13.8. The molecule has 4 heteroatoms. The van der Waals surface area contributed by atoms with Gasteiger partial charge in [-0.25, -0.2) is 9.18 Å². The van der Waals surface area contributed by atoms with Gasteiger partial charge in [0.15, 0.2) is 11.6 Å². The summed E-state index contributed by atoms with van der Waals surface area (Å²) in [5, 5.41) is 0. The molecule has 0 unspecified atom stereocenters. The van der Waals surface area contributed by atoms with Gasteiger partial charge in [0, 0.05) is 5.57 Å². The van der Waals surface area contributed by atoms with Crippen molar-refractivity contribution in [3.63, 3.8) is 0 Å². The van der Waals surface area contributed by atoms with E-state index in [1.165, 1.54) is 19.1 Å². The van der Waals surface area contributed by atoms with Gasteiger partial charge in [-0.3, -0.25) is 0 Å². The molecule has 0 aliphatic carbocycles. The van der Waals surface area contributed by atoms with Crippen LogP contribution in [0.3, 0.4) is 0 Å². The van der Waals surface area contributed by atoms with Gasteiger partial charge in [-0.05, 0) is 54.8 Å². The van der Waals surface area contributed by atoms with Gasteiger partial charge < -0.3 is 9.47 Å². The molecule has 0 spiro atoms. The molecule has 2 rings (SSSR count). The van der Waals surface area contributed by atoms with E-state index in [4.69, 9.17) is 9.47 Å². The third-order valence-electron chi connectivity index (χ3n) is 3.16. The molecule has 0 radical (unpaired) electrons. The van der Waals surface area contributed by atoms with E-state index in [2.05, 4.69) is 13.2 Å². The summed E-state index contributed by atoms with van der Waals surface area (Å²) in [4.78, 5) is 11.5. The van der Waals surface area contributed by atoms with Crippen molar-refractivity contribution in [1.29, 1.82) is 0 Å². The Labute approximate surface area is 141 Å². The van der Waals surface area contributed by atoms with Crippen LogP contribution in [0.4, 0.5) is 4.39 Å². The van der Waals surface area contributed by atoms with Gasteiger partial charge >= 0.3 is 5.97 Å². The standard InChI is InChI=1S/C20H19FO3/c1-13(2)12-23-17-8-5-15(6-9-17)16-7-10-19(18(21)11-16)24-20(22)14(3)4/h5-11H,1,3,12H2,2,4H3. The number of benzene rings is 2. The second-order valence-electron chi connectivity index (χ2n) is 5.59. The van der Waals surface area contributed by atoms with Crippen molar-refractivity contribution in [3.05, 3.63) is 72.6 Å². The first-order valence-electron chi connectivity index (χ1n) is 7.41. The summed E-state index contributed by atoms with van der Waals surface area (Å²) in [7, 11) is 0. The number of hydrogen-bond acceptors (Lipinski definition) is 3. The highest BCUT2D eigenvalue weighted by Gasteiger charge is 2.11. The molecule has 2 aromatic carbocycles. The van der Waals surface area contributed by atoms with Gasteiger partial charge in [0.2, 0.25) is 0 Å². The summed E-state index contributed by atoms with van der Waals surface area (Å²) in [6.45, 7) is 11.1. The zero-order valence-corrected chi connectivity index (χ0v) is 13.8. The third kappa shape index (κ3) is 4.56. The Hall–Kier alpha value is -2.88.